The maximum Gasteiger partial charge on any atom is 0.218 e. The Bertz CT molecular complexity index is 530. The van der Waals surface area contributed by atoms with E-state index in [-0.39, 0.29) is 5.75 Å². The van der Waals surface area contributed by atoms with Gasteiger partial charge in [0.2, 0.25) is 10.0 Å². The van der Waals surface area contributed by atoms with Crippen LogP contribution in [0.3, 0.4) is 0 Å². The van der Waals surface area contributed by atoms with Gasteiger partial charge in [-0.05, 0) is 24.4 Å². The summed E-state index contributed by atoms with van der Waals surface area (Å²) in [6, 6.07) is 9.88. The molecule has 2 atom stereocenters. The molecular formula is C16H26N2O2S. The number of nitrogens with zero attached hydrogens (tertiary/aromatic N) is 1. The Hall–Kier alpha value is -0.910. The molecule has 0 bridgehead atoms. The summed E-state index contributed by atoms with van der Waals surface area (Å²) in [5, 5.41) is 3.49. The summed E-state index contributed by atoms with van der Waals surface area (Å²) in [6.07, 6.45) is 1.91. The first-order chi connectivity index (χ1) is 10.1. The van der Waals surface area contributed by atoms with Crippen molar-refractivity contribution in [2.75, 3.05) is 19.6 Å². The van der Waals surface area contributed by atoms with Crippen LogP contribution >= 0.6 is 0 Å². The highest BCUT2D eigenvalue weighted by Crippen LogP contribution is 2.24. The molecule has 5 heteroatoms. The van der Waals surface area contributed by atoms with Crippen LogP contribution in [-0.4, -0.2) is 38.4 Å². The lowest BCUT2D eigenvalue weighted by molar-refractivity contribution is 0.204. The van der Waals surface area contributed by atoms with Crippen LogP contribution in [0.5, 0.6) is 0 Å². The molecule has 2 rings (SSSR count). The van der Waals surface area contributed by atoms with Crippen molar-refractivity contribution in [2.45, 2.75) is 38.5 Å². The molecule has 1 aliphatic heterocycles. The van der Waals surface area contributed by atoms with Crippen molar-refractivity contribution >= 4 is 10.0 Å². The first-order valence-electron chi connectivity index (χ1n) is 7.82. The Morgan fingerprint density at radius 2 is 1.95 bits per heavy atom. The lowest BCUT2D eigenvalue weighted by atomic mass is 9.91. The normalized spacial score (nSPS) is 24.1. The van der Waals surface area contributed by atoms with Crippen molar-refractivity contribution in [1.29, 1.82) is 0 Å². The molecule has 1 aromatic rings. The molecule has 21 heavy (non-hydrogen) atoms. The van der Waals surface area contributed by atoms with Gasteiger partial charge < -0.3 is 5.32 Å². The molecule has 1 N–H and O–H groups in total. The van der Waals surface area contributed by atoms with Gasteiger partial charge in [-0.3, -0.25) is 0 Å². The Labute approximate surface area is 128 Å². The highest BCUT2D eigenvalue weighted by atomic mass is 32.2. The highest BCUT2D eigenvalue weighted by Gasteiger charge is 2.33. The summed E-state index contributed by atoms with van der Waals surface area (Å²) in [5.74, 6) is 0.514. The van der Waals surface area contributed by atoms with E-state index in [4.69, 9.17) is 0 Å². The van der Waals surface area contributed by atoms with E-state index in [9.17, 15) is 8.42 Å². The maximum absolute atomic E-state index is 12.6. The van der Waals surface area contributed by atoms with Crippen molar-refractivity contribution in [3.05, 3.63) is 35.9 Å². The van der Waals surface area contributed by atoms with Crippen molar-refractivity contribution in [3.8, 4) is 0 Å². The smallest absolute Gasteiger partial charge is 0.218 e. The Balaban J connectivity index is 2.04. The highest BCUT2D eigenvalue weighted by molar-refractivity contribution is 7.88. The van der Waals surface area contributed by atoms with Gasteiger partial charge in [-0.25, -0.2) is 12.7 Å². The number of hydrogen-bond donors (Lipinski definition) is 1. The van der Waals surface area contributed by atoms with E-state index >= 15 is 0 Å². The predicted octanol–water partition coefficient (Wildman–Crippen LogP) is 2.23. The number of nitrogens with one attached hydrogen (secondary N) is 1. The Morgan fingerprint density at radius 3 is 2.57 bits per heavy atom. The van der Waals surface area contributed by atoms with E-state index in [0.717, 1.165) is 24.9 Å². The molecule has 2 unspecified atom stereocenters. The van der Waals surface area contributed by atoms with Crippen LogP contribution in [0.4, 0.5) is 0 Å². The van der Waals surface area contributed by atoms with E-state index in [1.54, 1.807) is 4.31 Å². The van der Waals surface area contributed by atoms with Crippen molar-refractivity contribution < 1.29 is 8.42 Å². The number of hydrogen-bond acceptors (Lipinski definition) is 3. The fourth-order valence-electron chi connectivity index (χ4n) is 3.07. The summed E-state index contributed by atoms with van der Waals surface area (Å²) in [7, 11) is -3.21. The number of rotatable bonds is 6. The van der Waals surface area contributed by atoms with Crippen LogP contribution in [-0.2, 0) is 15.8 Å². The van der Waals surface area contributed by atoms with Gasteiger partial charge in [0.05, 0.1) is 5.75 Å². The summed E-state index contributed by atoms with van der Waals surface area (Å²) in [6.45, 7) is 6.46. The summed E-state index contributed by atoms with van der Waals surface area (Å²) >= 11 is 0. The Morgan fingerprint density at radius 1 is 1.24 bits per heavy atom. The lowest BCUT2D eigenvalue weighted by Crippen LogP contribution is -2.51. The standard InChI is InChI=1S/C16H26N2O2S/c1-3-15-12-18(11-10-16(15)17-4-2)21(19,20)13-14-8-6-5-7-9-14/h5-9,15-17H,3-4,10-13H2,1-2H3. The van der Waals surface area contributed by atoms with Crippen LogP contribution in [0.2, 0.25) is 0 Å². The average molecular weight is 310 g/mol. The fourth-order valence-corrected chi connectivity index (χ4v) is 4.67. The number of benzene rings is 1. The minimum atomic E-state index is -3.21. The SMILES string of the molecule is CCNC1CCN(S(=O)(=O)Cc2ccccc2)CC1CC. The minimum absolute atomic E-state index is 0.107. The van der Waals surface area contributed by atoms with Crippen molar-refractivity contribution in [1.82, 2.24) is 9.62 Å². The molecule has 0 aliphatic carbocycles. The second-order valence-electron chi connectivity index (χ2n) is 5.72. The van der Waals surface area contributed by atoms with E-state index in [2.05, 4.69) is 19.2 Å². The lowest BCUT2D eigenvalue weighted by Gasteiger charge is -2.38. The molecule has 118 valence electrons. The van der Waals surface area contributed by atoms with Gasteiger partial charge in [-0.1, -0.05) is 50.6 Å². The quantitative estimate of drug-likeness (QED) is 0.876. The van der Waals surface area contributed by atoms with E-state index in [1.165, 1.54) is 0 Å². The van der Waals surface area contributed by atoms with Gasteiger partial charge >= 0.3 is 0 Å². The third-order valence-corrected chi connectivity index (χ3v) is 6.09. The molecule has 1 saturated heterocycles. The van der Waals surface area contributed by atoms with Crippen LogP contribution < -0.4 is 5.32 Å². The average Bonchev–Trinajstić information content (AvgIpc) is 2.48. The van der Waals surface area contributed by atoms with Gasteiger partial charge in [-0.15, -0.1) is 0 Å². The summed E-state index contributed by atoms with van der Waals surface area (Å²) in [5.41, 5.74) is 0.861. The molecule has 1 aromatic carbocycles. The topological polar surface area (TPSA) is 49.4 Å². The van der Waals surface area contributed by atoms with Crippen LogP contribution in [0.15, 0.2) is 30.3 Å². The zero-order valence-electron chi connectivity index (χ0n) is 13.0. The van der Waals surface area contributed by atoms with E-state index in [0.29, 0.717) is 25.0 Å². The van der Waals surface area contributed by atoms with Gasteiger partial charge in [0.1, 0.15) is 0 Å². The maximum atomic E-state index is 12.6. The molecule has 0 saturated carbocycles. The van der Waals surface area contributed by atoms with Crippen molar-refractivity contribution in [2.24, 2.45) is 5.92 Å². The largest absolute Gasteiger partial charge is 0.314 e. The van der Waals surface area contributed by atoms with Gasteiger partial charge in [0.25, 0.3) is 0 Å². The van der Waals surface area contributed by atoms with Gasteiger partial charge in [-0.2, -0.15) is 0 Å². The van der Waals surface area contributed by atoms with E-state index < -0.39 is 10.0 Å². The predicted molar refractivity (Wildman–Crippen MR) is 86.5 cm³/mol. The number of piperidine rings is 1. The molecule has 1 fully saturated rings. The first-order valence-corrected chi connectivity index (χ1v) is 9.42. The van der Waals surface area contributed by atoms with Gasteiger partial charge in [0, 0.05) is 19.1 Å². The fraction of sp³-hybridized carbons (Fsp3) is 0.625. The zero-order valence-corrected chi connectivity index (χ0v) is 13.8. The molecule has 0 amide bonds. The number of sulfonamides is 1. The molecule has 0 radical (unpaired) electrons. The van der Waals surface area contributed by atoms with Gasteiger partial charge in [0.15, 0.2) is 0 Å². The second kappa shape index (κ2) is 7.38. The zero-order chi connectivity index (χ0) is 15.3. The van der Waals surface area contributed by atoms with E-state index in [1.807, 2.05) is 30.3 Å². The summed E-state index contributed by atoms with van der Waals surface area (Å²) < 4.78 is 26.9. The third-order valence-electron chi connectivity index (χ3n) is 4.27. The molecule has 1 heterocycles. The van der Waals surface area contributed by atoms with Crippen LogP contribution in [0.25, 0.3) is 0 Å². The molecule has 4 nitrogen and oxygen atoms in total. The second-order valence-corrected chi connectivity index (χ2v) is 7.69. The van der Waals surface area contributed by atoms with Crippen molar-refractivity contribution in [3.63, 3.8) is 0 Å². The summed E-state index contributed by atoms with van der Waals surface area (Å²) in [4.78, 5) is 0. The third kappa shape index (κ3) is 4.28. The van der Waals surface area contributed by atoms with Crippen LogP contribution in [0.1, 0.15) is 32.3 Å². The van der Waals surface area contributed by atoms with Crippen LogP contribution in [0, 0.1) is 5.92 Å². The monoisotopic (exact) mass is 310 g/mol. The minimum Gasteiger partial charge on any atom is -0.314 e. The molecular weight excluding hydrogens is 284 g/mol. The Kier molecular flexibility index (Phi) is 5.79. The molecule has 0 aromatic heterocycles. The molecule has 0 spiro atoms. The molecule has 1 aliphatic rings. The first kappa shape index (κ1) is 16.5.